The van der Waals surface area contributed by atoms with Crippen LogP contribution in [0.5, 0.6) is 0 Å². The number of sulfonamides is 1. The largest absolute Gasteiger partial charge is 0.354 e. The third-order valence-corrected chi connectivity index (χ3v) is 7.23. The number of amides is 1. The summed E-state index contributed by atoms with van der Waals surface area (Å²) in [6, 6.07) is 11.7. The molecule has 0 radical (unpaired) electrons. The molecule has 1 atom stereocenters. The Morgan fingerprint density at radius 2 is 1.69 bits per heavy atom. The molecule has 0 aliphatic heterocycles. The van der Waals surface area contributed by atoms with Crippen LogP contribution >= 0.6 is 23.2 Å². The number of hydrogen-bond donors (Lipinski definition) is 1. The van der Waals surface area contributed by atoms with Crippen LogP contribution in [0.15, 0.2) is 47.4 Å². The van der Waals surface area contributed by atoms with E-state index in [1.165, 1.54) is 4.31 Å². The predicted octanol–water partition coefficient (Wildman–Crippen LogP) is 4.80. The molecule has 0 unspecified atom stereocenters. The van der Waals surface area contributed by atoms with Crippen molar-refractivity contribution in [3.8, 4) is 0 Å². The second kappa shape index (κ2) is 10.4. The lowest BCUT2D eigenvalue weighted by Gasteiger charge is -2.23. The highest BCUT2D eigenvalue weighted by atomic mass is 35.5. The molecule has 2 aromatic rings. The highest BCUT2D eigenvalue weighted by molar-refractivity contribution is 7.89. The third kappa shape index (κ3) is 6.44. The summed E-state index contributed by atoms with van der Waals surface area (Å²) in [5.41, 5.74) is 1.46. The van der Waals surface area contributed by atoms with Gasteiger partial charge >= 0.3 is 0 Å². The SMILES string of the molecule is CC[C@@H](C)NC(=O)CCN(Cc1c(Cl)cccc1Cl)S(=O)(=O)c1ccc(C)cc1. The first-order valence-corrected chi connectivity index (χ1v) is 11.6. The van der Waals surface area contributed by atoms with Crippen molar-refractivity contribution in [2.45, 2.75) is 51.1 Å². The normalized spacial score (nSPS) is 12.8. The number of rotatable bonds is 9. The quantitative estimate of drug-likeness (QED) is 0.589. The topological polar surface area (TPSA) is 66.5 Å². The number of benzene rings is 2. The van der Waals surface area contributed by atoms with Crippen molar-refractivity contribution in [3.05, 3.63) is 63.6 Å². The standard InChI is InChI=1S/C21H26Cl2N2O3S/c1-4-16(3)24-21(26)12-13-25(14-18-19(22)6-5-7-20(18)23)29(27,28)17-10-8-15(2)9-11-17/h5-11,16H,4,12-14H2,1-3H3,(H,24,26)/t16-/m1/s1. The van der Waals surface area contributed by atoms with Crippen LogP contribution in [0.2, 0.25) is 10.0 Å². The van der Waals surface area contributed by atoms with E-state index >= 15 is 0 Å². The number of nitrogens with one attached hydrogen (secondary N) is 1. The average Bonchev–Trinajstić information content (AvgIpc) is 2.67. The summed E-state index contributed by atoms with van der Waals surface area (Å²) in [5.74, 6) is -0.200. The number of aryl methyl sites for hydroxylation is 1. The van der Waals surface area contributed by atoms with Crippen LogP contribution in [-0.2, 0) is 21.4 Å². The Kier molecular flexibility index (Phi) is 8.52. The van der Waals surface area contributed by atoms with E-state index in [4.69, 9.17) is 23.2 Å². The zero-order valence-electron chi connectivity index (χ0n) is 16.8. The van der Waals surface area contributed by atoms with Crippen molar-refractivity contribution in [2.75, 3.05) is 6.54 Å². The van der Waals surface area contributed by atoms with Crippen molar-refractivity contribution in [1.82, 2.24) is 9.62 Å². The van der Waals surface area contributed by atoms with Gasteiger partial charge in [-0.1, -0.05) is 53.9 Å². The maximum absolute atomic E-state index is 13.3. The summed E-state index contributed by atoms with van der Waals surface area (Å²) in [7, 11) is -3.84. The fraction of sp³-hybridized carbons (Fsp3) is 0.381. The van der Waals surface area contributed by atoms with E-state index < -0.39 is 10.0 Å². The van der Waals surface area contributed by atoms with Gasteiger partial charge in [-0.3, -0.25) is 4.79 Å². The number of halogens is 2. The maximum atomic E-state index is 13.3. The molecule has 29 heavy (non-hydrogen) atoms. The Balaban J connectivity index is 2.32. The molecule has 2 rings (SSSR count). The Hall–Kier alpha value is -1.60. The van der Waals surface area contributed by atoms with Crippen molar-refractivity contribution in [3.63, 3.8) is 0 Å². The fourth-order valence-corrected chi connectivity index (χ4v) is 4.60. The van der Waals surface area contributed by atoms with Gasteiger partial charge < -0.3 is 5.32 Å². The van der Waals surface area contributed by atoms with E-state index in [1.807, 2.05) is 20.8 Å². The van der Waals surface area contributed by atoms with E-state index in [1.54, 1.807) is 42.5 Å². The molecule has 0 saturated heterocycles. The van der Waals surface area contributed by atoms with Gasteiger partial charge in [0.1, 0.15) is 0 Å². The molecule has 0 aliphatic rings. The van der Waals surface area contributed by atoms with Crippen molar-refractivity contribution in [1.29, 1.82) is 0 Å². The van der Waals surface area contributed by atoms with Crippen molar-refractivity contribution < 1.29 is 13.2 Å². The number of hydrogen-bond acceptors (Lipinski definition) is 3. The fourth-order valence-electron chi connectivity index (χ4n) is 2.68. The molecular formula is C21H26Cl2N2O3S. The van der Waals surface area contributed by atoms with Gasteiger partial charge in [-0.2, -0.15) is 4.31 Å². The zero-order chi connectivity index (χ0) is 21.6. The van der Waals surface area contributed by atoms with Crippen LogP contribution in [0.3, 0.4) is 0 Å². The van der Waals surface area contributed by atoms with E-state index in [0.29, 0.717) is 15.6 Å². The van der Waals surface area contributed by atoms with Crippen molar-refractivity contribution in [2.24, 2.45) is 0 Å². The maximum Gasteiger partial charge on any atom is 0.243 e. The van der Waals surface area contributed by atoms with Crippen LogP contribution in [0.1, 0.15) is 37.8 Å². The Morgan fingerprint density at radius 1 is 1.10 bits per heavy atom. The third-order valence-electron chi connectivity index (χ3n) is 4.66. The van der Waals surface area contributed by atoms with E-state index in [2.05, 4.69) is 5.32 Å². The summed E-state index contributed by atoms with van der Waals surface area (Å²) < 4.78 is 27.8. The molecule has 1 N–H and O–H groups in total. The molecule has 0 spiro atoms. The van der Waals surface area contributed by atoms with Crippen LogP contribution in [0.4, 0.5) is 0 Å². The van der Waals surface area contributed by atoms with Crippen LogP contribution in [0.25, 0.3) is 0 Å². The lowest BCUT2D eigenvalue weighted by Crippen LogP contribution is -2.37. The van der Waals surface area contributed by atoms with Gasteiger partial charge in [-0.25, -0.2) is 8.42 Å². The minimum atomic E-state index is -3.84. The summed E-state index contributed by atoms with van der Waals surface area (Å²) in [4.78, 5) is 12.4. The zero-order valence-corrected chi connectivity index (χ0v) is 19.1. The van der Waals surface area contributed by atoms with Crippen LogP contribution in [0, 0.1) is 6.92 Å². The Labute approximate surface area is 183 Å². The van der Waals surface area contributed by atoms with Gasteiger partial charge in [0, 0.05) is 41.2 Å². The molecule has 0 heterocycles. The molecule has 1 amide bonds. The summed E-state index contributed by atoms with van der Waals surface area (Å²) in [6.45, 7) is 5.75. The molecule has 0 saturated carbocycles. The van der Waals surface area contributed by atoms with Gasteiger partial charge in [0.05, 0.1) is 4.90 Å². The minimum Gasteiger partial charge on any atom is -0.354 e. The van der Waals surface area contributed by atoms with Gasteiger partial charge in [-0.05, 0) is 44.5 Å². The highest BCUT2D eigenvalue weighted by Gasteiger charge is 2.27. The first-order valence-electron chi connectivity index (χ1n) is 9.44. The van der Waals surface area contributed by atoms with Gasteiger partial charge in [0.15, 0.2) is 0 Å². The summed E-state index contributed by atoms with van der Waals surface area (Å²) >= 11 is 12.5. The van der Waals surface area contributed by atoms with Gasteiger partial charge in [0.25, 0.3) is 0 Å². The molecule has 2 aromatic carbocycles. The molecule has 0 aromatic heterocycles. The number of carbonyl (C=O) groups excluding carboxylic acids is 1. The number of carbonyl (C=O) groups is 1. The highest BCUT2D eigenvalue weighted by Crippen LogP contribution is 2.28. The average molecular weight is 457 g/mol. The second-order valence-electron chi connectivity index (χ2n) is 6.98. The summed E-state index contributed by atoms with van der Waals surface area (Å²) in [6.07, 6.45) is 0.837. The lowest BCUT2D eigenvalue weighted by molar-refractivity contribution is -0.121. The molecule has 158 valence electrons. The molecule has 8 heteroatoms. The Bertz CT molecular complexity index is 927. The van der Waals surface area contributed by atoms with E-state index in [-0.39, 0.29) is 36.4 Å². The lowest BCUT2D eigenvalue weighted by atomic mass is 10.2. The van der Waals surface area contributed by atoms with E-state index in [0.717, 1.165) is 12.0 Å². The number of nitrogens with zero attached hydrogens (tertiary/aromatic N) is 1. The minimum absolute atomic E-state index is 0.0139. The molecule has 5 nitrogen and oxygen atoms in total. The first kappa shape index (κ1) is 23.7. The van der Waals surface area contributed by atoms with Crippen LogP contribution in [-0.4, -0.2) is 31.2 Å². The molecule has 0 fully saturated rings. The van der Waals surface area contributed by atoms with Crippen molar-refractivity contribution >= 4 is 39.1 Å². The summed E-state index contributed by atoms with van der Waals surface area (Å²) in [5, 5.41) is 3.62. The van der Waals surface area contributed by atoms with E-state index in [9.17, 15) is 13.2 Å². The second-order valence-corrected chi connectivity index (χ2v) is 9.73. The van der Waals surface area contributed by atoms with Crippen LogP contribution < -0.4 is 5.32 Å². The smallest absolute Gasteiger partial charge is 0.243 e. The van der Waals surface area contributed by atoms with Gasteiger partial charge in [0.2, 0.25) is 15.9 Å². The monoisotopic (exact) mass is 456 g/mol. The molecule has 0 aliphatic carbocycles. The molecule has 0 bridgehead atoms. The predicted molar refractivity (Wildman–Crippen MR) is 118 cm³/mol. The Morgan fingerprint density at radius 3 is 2.24 bits per heavy atom. The first-order chi connectivity index (χ1) is 13.6. The molecular weight excluding hydrogens is 431 g/mol. The van der Waals surface area contributed by atoms with Gasteiger partial charge in [-0.15, -0.1) is 0 Å².